The Morgan fingerprint density at radius 1 is 1.15 bits per heavy atom. The van der Waals surface area contributed by atoms with Crippen LogP contribution in [0.5, 0.6) is 0 Å². The maximum atomic E-state index is 11.9. The Labute approximate surface area is 121 Å². The van der Waals surface area contributed by atoms with Crippen LogP contribution >= 0.6 is 0 Å². The molecule has 5 nitrogen and oxygen atoms in total. The number of nitrogens with one attached hydrogen (secondary N) is 2. The number of hydrogen-bond acceptors (Lipinski definition) is 3. The second-order valence-corrected chi connectivity index (χ2v) is 6.21. The van der Waals surface area contributed by atoms with E-state index < -0.39 is 5.91 Å². The fourth-order valence-corrected chi connectivity index (χ4v) is 3.09. The average molecular weight is 281 g/mol. The molecule has 1 saturated carbocycles. The van der Waals surface area contributed by atoms with Gasteiger partial charge in [0.2, 0.25) is 0 Å². The minimum atomic E-state index is -0.434. The van der Waals surface area contributed by atoms with Gasteiger partial charge in [0, 0.05) is 32.7 Å². The van der Waals surface area contributed by atoms with Crippen LogP contribution < -0.4 is 10.6 Å². The van der Waals surface area contributed by atoms with Crippen LogP contribution in [0.25, 0.3) is 0 Å². The zero-order chi connectivity index (χ0) is 14.4. The molecule has 1 saturated heterocycles. The van der Waals surface area contributed by atoms with Gasteiger partial charge < -0.3 is 15.5 Å². The van der Waals surface area contributed by atoms with Crippen LogP contribution in [0.2, 0.25) is 0 Å². The van der Waals surface area contributed by atoms with Crippen LogP contribution in [0.15, 0.2) is 0 Å². The molecule has 0 aromatic carbocycles. The largest absolute Gasteiger partial charge is 0.348 e. The summed E-state index contributed by atoms with van der Waals surface area (Å²) in [6.07, 6.45) is 6.15. The number of amides is 2. The third kappa shape index (κ3) is 4.47. The predicted octanol–water partition coefficient (Wildman–Crippen LogP) is 0.751. The number of rotatable bonds is 3. The van der Waals surface area contributed by atoms with E-state index in [0.717, 1.165) is 31.3 Å². The van der Waals surface area contributed by atoms with Crippen molar-refractivity contribution in [3.8, 4) is 0 Å². The summed E-state index contributed by atoms with van der Waals surface area (Å²) in [5.74, 6) is 0.774. The molecule has 1 heterocycles. The predicted molar refractivity (Wildman–Crippen MR) is 78.2 cm³/mol. The Balaban J connectivity index is 1.63. The quantitative estimate of drug-likeness (QED) is 0.751. The Morgan fingerprint density at radius 3 is 2.45 bits per heavy atom. The van der Waals surface area contributed by atoms with Crippen LogP contribution in [-0.4, -0.2) is 49.4 Å². The van der Waals surface area contributed by atoms with Crippen molar-refractivity contribution in [3.05, 3.63) is 0 Å². The summed E-state index contributed by atoms with van der Waals surface area (Å²) < 4.78 is 0. The summed E-state index contributed by atoms with van der Waals surface area (Å²) >= 11 is 0. The average Bonchev–Trinajstić information content (AvgIpc) is 2.49. The Bertz CT molecular complexity index is 332. The van der Waals surface area contributed by atoms with Crippen molar-refractivity contribution in [1.29, 1.82) is 0 Å². The highest BCUT2D eigenvalue weighted by Gasteiger charge is 2.23. The van der Waals surface area contributed by atoms with Gasteiger partial charge in [0.05, 0.1) is 0 Å². The van der Waals surface area contributed by atoms with Crippen molar-refractivity contribution in [1.82, 2.24) is 15.5 Å². The van der Waals surface area contributed by atoms with Gasteiger partial charge in [-0.2, -0.15) is 0 Å². The summed E-state index contributed by atoms with van der Waals surface area (Å²) in [6.45, 7) is 5.76. The molecule has 0 atom stereocenters. The third-order valence-electron chi connectivity index (χ3n) is 4.57. The summed E-state index contributed by atoms with van der Waals surface area (Å²) in [5, 5.41) is 5.96. The van der Waals surface area contributed by atoms with Crippen molar-refractivity contribution in [2.45, 2.75) is 39.0 Å². The first-order chi connectivity index (χ1) is 9.66. The molecule has 114 valence electrons. The lowest BCUT2D eigenvalue weighted by Crippen LogP contribution is -2.51. The molecule has 0 aromatic heterocycles. The molecule has 2 rings (SSSR count). The van der Waals surface area contributed by atoms with E-state index in [4.69, 9.17) is 0 Å². The van der Waals surface area contributed by atoms with Gasteiger partial charge in [-0.3, -0.25) is 9.59 Å². The van der Waals surface area contributed by atoms with Crippen LogP contribution in [0, 0.1) is 11.8 Å². The summed E-state index contributed by atoms with van der Waals surface area (Å²) in [5.41, 5.74) is 0. The first-order valence-electron chi connectivity index (χ1n) is 7.94. The first kappa shape index (κ1) is 15.3. The highest BCUT2D eigenvalue weighted by Crippen LogP contribution is 2.29. The van der Waals surface area contributed by atoms with Crippen LogP contribution in [0.4, 0.5) is 0 Å². The molecule has 1 aliphatic carbocycles. The molecule has 0 radical (unpaired) electrons. The van der Waals surface area contributed by atoms with Crippen molar-refractivity contribution < 1.29 is 9.59 Å². The smallest absolute Gasteiger partial charge is 0.311 e. The Hall–Kier alpha value is -1.10. The molecule has 5 heteroatoms. The number of piperazine rings is 1. The number of hydrogen-bond donors (Lipinski definition) is 2. The highest BCUT2D eigenvalue weighted by molar-refractivity contribution is 6.35. The zero-order valence-electron chi connectivity index (χ0n) is 12.5. The summed E-state index contributed by atoms with van der Waals surface area (Å²) in [7, 11) is 0. The molecule has 0 unspecified atom stereocenters. The minimum Gasteiger partial charge on any atom is -0.348 e. The summed E-state index contributed by atoms with van der Waals surface area (Å²) in [6, 6.07) is 0. The van der Waals surface area contributed by atoms with E-state index in [1.165, 1.54) is 25.7 Å². The van der Waals surface area contributed by atoms with Gasteiger partial charge in [0.1, 0.15) is 0 Å². The van der Waals surface area contributed by atoms with Gasteiger partial charge >= 0.3 is 11.8 Å². The molecular formula is C15H27N3O2. The van der Waals surface area contributed by atoms with E-state index in [9.17, 15) is 9.59 Å². The fourth-order valence-electron chi connectivity index (χ4n) is 3.09. The highest BCUT2D eigenvalue weighted by atomic mass is 16.2. The monoisotopic (exact) mass is 281 g/mol. The lowest BCUT2D eigenvalue weighted by molar-refractivity contribution is -0.146. The Morgan fingerprint density at radius 2 is 1.80 bits per heavy atom. The van der Waals surface area contributed by atoms with Crippen molar-refractivity contribution in [2.75, 3.05) is 32.7 Å². The molecule has 0 spiro atoms. The first-order valence-corrected chi connectivity index (χ1v) is 7.94. The van der Waals surface area contributed by atoms with Crippen LogP contribution in [-0.2, 0) is 9.59 Å². The van der Waals surface area contributed by atoms with Crippen molar-refractivity contribution in [2.24, 2.45) is 11.8 Å². The van der Waals surface area contributed by atoms with E-state index in [1.54, 1.807) is 4.90 Å². The molecule has 2 fully saturated rings. The lowest BCUT2D eigenvalue weighted by Gasteiger charge is -2.27. The van der Waals surface area contributed by atoms with Crippen LogP contribution in [0.1, 0.15) is 39.0 Å². The molecule has 2 N–H and O–H groups in total. The third-order valence-corrected chi connectivity index (χ3v) is 4.57. The molecule has 20 heavy (non-hydrogen) atoms. The van der Waals surface area contributed by atoms with E-state index in [2.05, 4.69) is 17.6 Å². The second-order valence-electron chi connectivity index (χ2n) is 6.21. The van der Waals surface area contributed by atoms with E-state index in [1.807, 2.05) is 0 Å². The molecule has 0 bridgehead atoms. The van der Waals surface area contributed by atoms with E-state index in [-0.39, 0.29) is 5.91 Å². The molecular weight excluding hydrogens is 254 g/mol. The van der Waals surface area contributed by atoms with Gasteiger partial charge in [-0.05, 0) is 18.3 Å². The fraction of sp³-hybridized carbons (Fsp3) is 0.867. The maximum Gasteiger partial charge on any atom is 0.311 e. The van der Waals surface area contributed by atoms with Gasteiger partial charge in [0.15, 0.2) is 0 Å². The van der Waals surface area contributed by atoms with E-state index >= 15 is 0 Å². The van der Waals surface area contributed by atoms with Crippen molar-refractivity contribution in [3.63, 3.8) is 0 Å². The zero-order valence-corrected chi connectivity index (χ0v) is 12.5. The van der Waals surface area contributed by atoms with Gasteiger partial charge in [-0.15, -0.1) is 0 Å². The SMILES string of the molecule is CC1CCC(CCNC(=O)C(=O)N2CCNCC2)CC1. The molecule has 2 amide bonds. The van der Waals surface area contributed by atoms with Crippen molar-refractivity contribution >= 4 is 11.8 Å². The standard InChI is InChI=1S/C15H27N3O2/c1-12-2-4-13(5-3-12)6-7-17-14(19)15(20)18-10-8-16-9-11-18/h12-13,16H,2-11H2,1H3,(H,17,19). The number of carbonyl (C=O) groups is 2. The van der Waals surface area contributed by atoms with Gasteiger partial charge in [0.25, 0.3) is 0 Å². The van der Waals surface area contributed by atoms with E-state index in [0.29, 0.717) is 19.6 Å². The normalized spacial score (nSPS) is 27.1. The van der Waals surface area contributed by atoms with Crippen LogP contribution in [0.3, 0.4) is 0 Å². The lowest BCUT2D eigenvalue weighted by atomic mass is 9.81. The number of nitrogens with zero attached hydrogens (tertiary/aromatic N) is 1. The molecule has 1 aliphatic heterocycles. The minimum absolute atomic E-state index is 0.372. The Kier molecular flexibility index (Phi) is 5.83. The van der Waals surface area contributed by atoms with Gasteiger partial charge in [-0.25, -0.2) is 0 Å². The molecule has 0 aromatic rings. The number of carbonyl (C=O) groups excluding carboxylic acids is 2. The molecule has 2 aliphatic rings. The van der Waals surface area contributed by atoms with Gasteiger partial charge in [-0.1, -0.05) is 32.6 Å². The summed E-state index contributed by atoms with van der Waals surface area (Å²) in [4.78, 5) is 25.4. The maximum absolute atomic E-state index is 11.9. The second kappa shape index (κ2) is 7.62. The topological polar surface area (TPSA) is 61.4 Å².